The average molecular weight is 754 g/mol. The first kappa shape index (κ1) is 34.0. The number of fused-ring (bicyclic) bond motifs is 12. The van der Waals surface area contributed by atoms with Crippen molar-refractivity contribution in [3.05, 3.63) is 161 Å². The number of benzene rings is 6. The summed E-state index contributed by atoms with van der Waals surface area (Å²) in [4.78, 5) is 2.62. The smallest absolute Gasteiger partial charge is 0.0543 e. The predicted octanol–water partition coefficient (Wildman–Crippen LogP) is 14.8. The van der Waals surface area contributed by atoms with E-state index >= 15 is 0 Å². The van der Waals surface area contributed by atoms with Crippen LogP contribution in [0, 0.1) is 29.1 Å². The summed E-state index contributed by atoms with van der Waals surface area (Å²) < 4.78 is 0. The molecule has 7 aliphatic carbocycles. The maximum atomic E-state index is 2.62. The van der Waals surface area contributed by atoms with Gasteiger partial charge in [-0.3, -0.25) is 0 Å². The van der Waals surface area contributed by atoms with Crippen LogP contribution in [0.25, 0.3) is 33.4 Å². The van der Waals surface area contributed by atoms with E-state index in [1.54, 1.807) is 11.1 Å². The Balaban J connectivity index is 0.991. The zero-order chi connectivity index (χ0) is 39.1. The lowest BCUT2D eigenvalue weighted by atomic mass is 9.27. The molecule has 2 spiro atoms. The third kappa shape index (κ3) is 3.91. The fraction of sp³-hybridized carbons (Fsp3) is 0.368. The van der Waals surface area contributed by atoms with Crippen molar-refractivity contribution in [3.63, 3.8) is 0 Å². The Kier molecular flexibility index (Phi) is 6.36. The molecule has 1 nitrogen and oxygen atoms in total. The molecule has 0 aromatic heterocycles. The van der Waals surface area contributed by atoms with Crippen molar-refractivity contribution in [2.75, 3.05) is 4.90 Å². The van der Waals surface area contributed by atoms with E-state index in [-0.39, 0.29) is 21.7 Å². The normalized spacial score (nSPS) is 29.7. The standard InChI is InChI=1S/C57H55N/c1-53(2)26-27-54(3,4)48-30-36(20-25-45(48)53)35-18-21-38(22-19-35)58(39-23-24-41-40-12-7-9-14-43(40)55(5,6)47(41)32-39)49-17-11-16-46-52(49)42-13-8-10-15-44(42)57(46)50-29-34-28-37-31-51(57)56(37,50)33-34/h7-25,30,32,34,37,50-51H,26-29,31,33H2,1-6H3. The van der Waals surface area contributed by atoms with Gasteiger partial charge in [-0.05, 0) is 170 Å². The van der Waals surface area contributed by atoms with Crippen molar-refractivity contribution in [2.45, 2.75) is 102 Å². The molecule has 0 aliphatic heterocycles. The summed E-state index contributed by atoms with van der Waals surface area (Å²) >= 11 is 0. The highest BCUT2D eigenvalue weighted by atomic mass is 15.1. The molecule has 0 heterocycles. The molecule has 0 N–H and O–H groups in total. The van der Waals surface area contributed by atoms with Crippen molar-refractivity contribution < 1.29 is 0 Å². The fourth-order valence-electron chi connectivity index (χ4n) is 15.4. The van der Waals surface area contributed by atoms with Crippen LogP contribution in [0.15, 0.2) is 127 Å². The predicted molar refractivity (Wildman–Crippen MR) is 240 cm³/mol. The van der Waals surface area contributed by atoms with Gasteiger partial charge in [-0.2, -0.15) is 0 Å². The zero-order valence-electron chi connectivity index (χ0n) is 35.1. The molecule has 4 saturated carbocycles. The van der Waals surface area contributed by atoms with Crippen LogP contribution in [0.4, 0.5) is 17.1 Å². The number of rotatable bonds is 4. The number of hydrogen-bond acceptors (Lipinski definition) is 1. The van der Waals surface area contributed by atoms with Gasteiger partial charge in [-0.25, -0.2) is 0 Å². The molecule has 0 radical (unpaired) electrons. The summed E-state index contributed by atoms with van der Waals surface area (Å²) in [5, 5.41) is 0. The van der Waals surface area contributed by atoms with E-state index < -0.39 is 0 Å². The molecule has 1 heteroatoms. The molecular weight excluding hydrogens is 699 g/mol. The molecule has 0 saturated heterocycles. The van der Waals surface area contributed by atoms with Gasteiger partial charge in [0.25, 0.3) is 0 Å². The molecule has 6 unspecified atom stereocenters. The van der Waals surface area contributed by atoms with Crippen molar-refractivity contribution >= 4 is 17.1 Å². The number of hydrogen-bond donors (Lipinski definition) is 0. The van der Waals surface area contributed by atoms with E-state index in [2.05, 4.69) is 174 Å². The largest absolute Gasteiger partial charge is 0.310 e. The first-order valence-electron chi connectivity index (χ1n) is 22.5. The Morgan fingerprint density at radius 3 is 1.93 bits per heavy atom. The first-order chi connectivity index (χ1) is 27.9. The summed E-state index contributed by atoms with van der Waals surface area (Å²) in [7, 11) is 0. The molecule has 0 amide bonds. The Hall–Kier alpha value is -4.88. The van der Waals surface area contributed by atoms with Gasteiger partial charge in [0.05, 0.1) is 5.69 Å². The van der Waals surface area contributed by atoms with Gasteiger partial charge in [-0.15, -0.1) is 0 Å². The van der Waals surface area contributed by atoms with E-state index in [1.807, 2.05) is 0 Å². The maximum absolute atomic E-state index is 2.62. The van der Waals surface area contributed by atoms with E-state index in [4.69, 9.17) is 0 Å². The van der Waals surface area contributed by atoms with E-state index in [9.17, 15) is 0 Å². The third-order valence-electron chi connectivity index (χ3n) is 18.0. The van der Waals surface area contributed by atoms with Crippen LogP contribution in [0.3, 0.4) is 0 Å². The summed E-state index contributed by atoms with van der Waals surface area (Å²) in [5.74, 6) is 3.51. The van der Waals surface area contributed by atoms with Crippen molar-refractivity contribution in [1.82, 2.24) is 0 Å². The van der Waals surface area contributed by atoms with Crippen LogP contribution >= 0.6 is 0 Å². The summed E-state index contributed by atoms with van der Waals surface area (Å²) in [6.45, 7) is 14.5. The Labute approximate surface area is 345 Å². The van der Waals surface area contributed by atoms with Crippen LogP contribution in [-0.4, -0.2) is 0 Å². The van der Waals surface area contributed by atoms with Crippen LogP contribution in [-0.2, 0) is 21.7 Å². The van der Waals surface area contributed by atoms with Gasteiger partial charge in [-0.1, -0.05) is 139 Å². The molecule has 6 atom stereocenters. The second kappa shape index (κ2) is 10.8. The fourth-order valence-corrected chi connectivity index (χ4v) is 15.4. The Bertz CT molecular complexity index is 2760. The molecule has 6 aromatic carbocycles. The van der Waals surface area contributed by atoms with E-state index in [0.717, 1.165) is 23.7 Å². The third-order valence-corrected chi connectivity index (χ3v) is 18.0. The molecule has 4 fully saturated rings. The highest BCUT2D eigenvalue weighted by Gasteiger charge is 2.84. The van der Waals surface area contributed by atoms with Gasteiger partial charge >= 0.3 is 0 Å². The topological polar surface area (TPSA) is 3.24 Å². The maximum Gasteiger partial charge on any atom is 0.0543 e. The molecule has 288 valence electrons. The molecule has 7 aliphatic rings. The summed E-state index contributed by atoms with van der Waals surface area (Å²) in [6, 6.07) is 50.3. The van der Waals surface area contributed by atoms with Crippen LogP contribution in [0.2, 0.25) is 0 Å². The average Bonchev–Trinajstić information content (AvgIpc) is 3.92. The SMILES string of the molecule is CC1(C)CCC(C)(C)c2cc(-c3ccc(N(c4ccc5c(c4)C(C)(C)c4ccccc4-5)c4cccc5c4-c4ccccc4C54C5CC6CC7CC4C75C6)cc3)ccc21. The van der Waals surface area contributed by atoms with Gasteiger partial charge in [0, 0.05) is 27.8 Å². The van der Waals surface area contributed by atoms with E-state index in [0.29, 0.717) is 5.41 Å². The first-order valence-corrected chi connectivity index (χ1v) is 22.5. The molecule has 2 bridgehead atoms. The Morgan fingerprint density at radius 2 is 1.14 bits per heavy atom. The van der Waals surface area contributed by atoms with Gasteiger partial charge in [0.2, 0.25) is 0 Å². The van der Waals surface area contributed by atoms with Gasteiger partial charge < -0.3 is 4.90 Å². The minimum absolute atomic E-state index is 0.0790. The molecular formula is C57H55N. The second-order valence-corrected chi connectivity index (χ2v) is 21.6. The van der Waals surface area contributed by atoms with Gasteiger partial charge in [0.1, 0.15) is 0 Å². The van der Waals surface area contributed by atoms with Crippen molar-refractivity contribution in [2.24, 2.45) is 29.1 Å². The number of anilines is 3. The monoisotopic (exact) mass is 753 g/mol. The minimum Gasteiger partial charge on any atom is -0.310 e. The van der Waals surface area contributed by atoms with Crippen LogP contribution < -0.4 is 4.90 Å². The Morgan fingerprint density at radius 1 is 0.483 bits per heavy atom. The lowest BCUT2D eigenvalue weighted by Crippen LogP contribution is -2.73. The highest BCUT2D eigenvalue weighted by Crippen LogP contribution is 2.89. The lowest BCUT2D eigenvalue weighted by molar-refractivity contribution is -0.231. The summed E-state index contributed by atoms with van der Waals surface area (Å²) in [5.41, 5.74) is 22.3. The highest BCUT2D eigenvalue weighted by molar-refractivity contribution is 5.97. The van der Waals surface area contributed by atoms with Crippen molar-refractivity contribution in [1.29, 1.82) is 0 Å². The van der Waals surface area contributed by atoms with Gasteiger partial charge in [0.15, 0.2) is 0 Å². The number of nitrogens with zero attached hydrogens (tertiary/aromatic N) is 1. The second-order valence-electron chi connectivity index (χ2n) is 21.6. The minimum atomic E-state index is -0.0790. The van der Waals surface area contributed by atoms with Crippen LogP contribution in [0.5, 0.6) is 0 Å². The quantitative estimate of drug-likeness (QED) is 0.173. The molecule has 13 rings (SSSR count). The molecule has 6 aromatic rings. The van der Waals surface area contributed by atoms with Crippen molar-refractivity contribution in [3.8, 4) is 33.4 Å². The lowest BCUT2D eigenvalue weighted by Gasteiger charge is -2.76. The molecule has 58 heavy (non-hydrogen) atoms. The zero-order valence-corrected chi connectivity index (χ0v) is 35.1. The van der Waals surface area contributed by atoms with E-state index in [1.165, 1.54) is 111 Å². The van der Waals surface area contributed by atoms with Crippen LogP contribution in [0.1, 0.15) is 113 Å². The summed E-state index contributed by atoms with van der Waals surface area (Å²) in [6.07, 6.45) is 8.31.